The minimum absolute atomic E-state index is 0.150. The number of carbonyl (C=O) groups excluding carboxylic acids is 1. The smallest absolute Gasteiger partial charge is 0.264 e. The number of amides is 1. The predicted octanol–water partition coefficient (Wildman–Crippen LogP) is 3.33. The van der Waals surface area contributed by atoms with E-state index in [0.717, 1.165) is 11.3 Å². The third-order valence-electron chi connectivity index (χ3n) is 3.00. The van der Waals surface area contributed by atoms with Gasteiger partial charge >= 0.3 is 0 Å². The number of carbonyl (C=O) groups is 1. The maximum Gasteiger partial charge on any atom is 0.264 e. The molecule has 5 nitrogen and oxygen atoms in total. The highest BCUT2D eigenvalue weighted by atomic mass is 79.9. The number of hydrogen-bond acceptors (Lipinski definition) is 4. The van der Waals surface area contributed by atoms with Gasteiger partial charge in [-0.25, -0.2) is 9.67 Å². The summed E-state index contributed by atoms with van der Waals surface area (Å²) < 4.78 is 2.20. The van der Waals surface area contributed by atoms with Gasteiger partial charge in [0.1, 0.15) is 9.48 Å². The molecule has 0 atom stereocenters. The minimum atomic E-state index is -0.150. The zero-order chi connectivity index (χ0) is 15.5. The number of benzene rings is 1. The molecule has 0 fully saturated rings. The Kier molecular flexibility index (Phi) is 4.35. The van der Waals surface area contributed by atoms with Crippen LogP contribution in [0, 0.1) is 6.92 Å². The molecule has 0 saturated carbocycles. The van der Waals surface area contributed by atoms with Crippen molar-refractivity contribution in [2.24, 2.45) is 0 Å². The summed E-state index contributed by atoms with van der Waals surface area (Å²) in [5, 5.41) is 7.86. The number of nitrogens with one attached hydrogen (secondary N) is 1. The van der Waals surface area contributed by atoms with E-state index in [0.29, 0.717) is 21.2 Å². The van der Waals surface area contributed by atoms with Crippen molar-refractivity contribution in [3.8, 4) is 5.13 Å². The van der Waals surface area contributed by atoms with Crippen molar-refractivity contribution in [2.75, 3.05) is 0 Å². The van der Waals surface area contributed by atoms with E-state index >= 15 is 0 Å². The van der Waals surface area contributed by atoms with Gasteiger partial charge in [0.15, 0.2) is 0 Å². The van der Waals surface area contributed by atoms with E-state index in [-0.39, 0.29) is 5.91 Å². The maximum absolute atomic E-state index is 12.3. The van der Waals surface area contributed by atoms with Gasteiger partial charge in [-0.2, -0.15) is 5.10 Å². The molecule has 2 heterocycles. The predicted molar refractivity (Wildman–Crippen MR) is 89.3 cm³/mol. The molecule has 22 heavy (non-hydrogen) atoms. The third kappa shape index (κ3) is 3.26. The highest BCUT2D eigenvalue weighted by Gasteiger charge is 2.17. The van der Waals surface area contributed by atoms with E-state index in [4.69, 9.17) is 0 Å². The van der Waals surface area contributed by atoms with Crippen LogP contribution in [0.2, 0.25) is 0 Å². The molecule has 112 valence electrons. The molecule has 0 aliphatic heterocycles. The van der Waals surface area contributed by atoms with Crippen LogP contribution in [0.15, 0.2) is 47.2 Å². The average Bonchev–Trinajstić information content (AvgIpc) is 3.12. The molecule has 1 N–H and O–H groups in total. The molecule has 0 bridgehead atoms. The summed E-state index contributed by atoms with van der Waals surface area (Å²) in [5.41, 5.74) is 1.96. The molecule has 0 unspecified atom stereocenters. The van der Waals surface area contributed by atoms with E-state index in [9.17, 15) is 4.79 Å². The van der Waals surface area contributed by atoms with Crippen molar-refractivity contribution >= 4 is 33.2 Å². The van der Waals surface area contributed by atoms with E-state index in [1.54, 1.807) is 4.68 Å². The Balaban J connectivity index is 1.74. The van der Waals surface area contributed by atoms with Crippen LogP contribution in [0.25, 0.3) is 5.13 Å². The molecule has 7 heteroatoms. The quantitative estimate of drug-likeness (QED) is 0.759. The maximum atomic E-state index is 12.3. The second-order valence-electron chi connectivity index (χ2n) is 4.69. The summed E-state index contributed by atoms with van der Waals surface area (Å²) in [6, 6.07) is 11.7. The number of aryl methyl sites for hydroxylation is 1. The van der Waals surface area contributed by atoms with Gasteiger partial charge < -0.3 is 5.32 Å². The molecular formula is C15H13BrN4OS. The van der Waals surface area contributed by atoms with Crippen LogP contribution in [0.3, 0.4) is 0 Å². The third-order valence-corrected chi connectivity index (χ3v) is 4.88. The summed E-state index contributed by atoms with van der Waals surface area (Å²) in [5.74, 6) is -0.150. The summed E-state index contributed by atoms with van der Waals surface area (Å²) in [4.78, 5) is 17.2. The van der Waals surface area contributed by atoms with Crippen LogP contribution in [0.5, 0.6) is 0 Å². The van der Waals surface area contributed by atoms with E-state index in [1.165, 1.54) is 11.3 Å². The fraction of sp³-hybridized carbons (Fsp3) is 0.133. The SMILES string of the molecule is Cc1ccn(-c2nc(Br)c(C(=O)NCc3ccccc3)s2)n1. The van der Waals surface area contributed by atoms with E-state index in [1.807, 2.05) is 49.5 Å². The number of halogens is 1. The lowest BCUT2D eigenvalue weighted by molar-refractivity contribution is 0.0954. The summed E-state index contributed by atoms with van der Waals surface area (Å²) in [7, 11) is 0. The Bertz CT molecular complexity index is 797. The molecule has 3 aromatic rings. The first-order valence-corrected chi connectivity index (χ1v) is 8.25. The molecule has 2 aromatic heterocycles. The average molecular weight is 377 g/mol. The Morgan fingerprint density at radius 3 is 2.77 bits per heavy atom. The van der Waals surface area contributed by atoms with Gasteiger partial charge in [-0.15, -0.1) is 0 Å². The Labute approximate surface area is 140 Å². The summed E-state index contributed by atoms with van der Waals surface area (Å²) in [6.07, 6.45) is 1.83. The Morgan fingerprint density at radius 2 is 2.09 bits per heavy atom. The van der Waals surface area contributed by atoms with Gasteiger partial charge in [0.2, 0.25) is 5.13 Å². The lowest BCUT2D eigenvalue weighted by Crippen LogP contribution is -2.22. The monoisotopic (exact) mass is 376 g/mol. The standard InChI is InChI=1S/C15H13BrN4OS/c1-10-7-8-20(19-10)15-18-13(16)12(22-15)14(21)17-9-11-5-3-2-4-6-11/h2-8H,9H2,1H3,(H,17,21). The van der Waals surface area contributed by atoms with Crippen molar-refractivity contribution in [1.82, 2.24) is 20.1 Å². The van der Waals surface area contributed by atoms with Gasteiger partial charge in [0.25, 0.3) is 5.91 Å². The number of thiazole rings is 1. The number of hydrogen-bond donors (Lipinski definition) is 1. The van der Waals surface area contributed by atoms with Crippen molar-refractivity contribution in [2.45, 2.75) is 13.5 Å². The second-order valence-corrected chi connectivity index (χ2v) is 6.41. The van der Waals surface area contributed by atoms with Crippen LogP contribution < -0.4 is 5.32 Å². The van der Waals surface area contributed by atoms with E-state index in [2.05, 4.69) is 31.3 Å². The van der Waals surface area contributed by atoms with Crippen LogP contribution in [0.1, 0.15) is 20.9 Å². The molecule has 0 saturated heterocycles. The summed E-state index contributed by atoms with van der Waals surface area (Å²) in [6.45, 7) is 2.40. The largest absolute Gasteiger partial charge is 0.347 e. The van der Waals surface area contributed by atoms with Crippen molar-refractivity contribution < 1.29 is 4.79 Å². The first kappa shape index (κ1) is 14.9. The second kappa shape index (κ2) is 6.41. The fourth-order valence-corrected chi connectivity index (χ4v) is 3.43. The molecule has 0 spiro atoms. The molecular weight excluding hydrogens is 364 g/mol. The number of aromatic nitrogens is 3. The van der Waals surface area contributed by atoms with E-state index < -0.39 is 0 Å². The van der Waals surface area contributed by atoms with Crippen molar-refractivity contribution in [3.05, 3.63) is 63.3 Å². The lowest BCUT2D eigenvalue weighted by atomic mass is 10.2. The van der Waals surface area contributed by atoms with Crippen LogP contribution in [0.4, 0.5) is 0 Å². The number of nitrogens with zero attached hydrogens (tertiary/aromatic N) is 3. The van der Waals surface area contributed by atoms with Gasteiger partial charge in [-0.1, -0.05) is 41.7 Å². The van der Waals surface area contributed by atoms with Crippen LogP contribution >= 0.6 is 27.3 Å². The van der Waals surface area contributed by atoms with Crippen LogP contribution in [-0.4, -0.2) is 20.7 Å². The minimum Gasteiger partial charge on any atom is -0.347 e. The van der Waals surface area contributed by atoms with Gasteiger partial charge in [0.05, 0.1) is 5.69 Å². The fourth-order valence-electron chi connectivity index (χ4n) is 1.91. The highest BCUT2D eigenvalue weighted by Crippen LogP contribution is 2.26. The normalized spacial score (nSPS) is 10.6. The Morgan fingerprint density at radius 1 is 1.32 bits per heavy atom. The molecule has 0 aliphatic carbocycles. The molecule has 1 amide bonds. The zero-order valence-electron chi connectivity index (χ0n) is 11.8. The molecule has 1 aromatic carbocycles. The zero-order valence-corrected chi connectivity index (χ0v) is 14.2. The number of rotatable bonds is 4. The van der Waals surface area contributed by atoms with Gasteiger partial charge in [-0.05, 0) is 34.5 Å². The van der Waals surface area contributed by atoms with Crippen LogP contribution in [-0.2, 0) is 6.54 Å². The lowest BCUT2D eigenvalue weighted by Gasteiger charge is -2.03. The molecule has 3 rings (SSSR count). The molecule has 0 radical (unpaired) electrons. The van der Waals surface area contributed by atoms with Crippen molar-refractivity contribution in [1.29, 1.82) is 0 Å². The first-order valence-electron chi connectivity index (χ1n) is 6.64. The highest BCUT2D eigenvalue weighted by molar-refractivity contribution is 9.10. The summed E-state index contributed by atoms with van der Waals surface area (Å²) >= 11 is 4.65. The van der Waals surface area contributed by atoms with Crippen molar-refractivity contribution in [3.63, 3.8) is 0 Å². The first-order chi connectivity index (χ1) is 10.6. The molecule has 0 aliphatic rings. The van der Waals surface area contributed by atoms with Gasteiger partial charge in [0, 0.05) is 12.7 Å². The Hall–Kier alpha value is -1.99. The van der Waals surface area contributed by atoms with Gasteiger partial charge in [-0.3, -0.25) is 4.79 Å². The topological polar surface area (TPSA) is 59.8 Å².